The predicted octanol–water partition coefficient (Wildman–Crippen LogP) is 5.11. The predicted molar refractivity (Wildman–Crippen MR) is 113 cm³/mol. The second-order valence-corrected chi connectivity index (χ2v) is 9.28. The van der Waals surface area contributed by atoms with Crippen molar-refractivity contribution in [2.75, 3.05) is 0 Å². The summed E-state index contributed by atoms with van der Waals surface area (Å²) in [7, 11) is -1.27. The zero-order valence-corrected chi connectivity index (χ0v) is 17.3. The van der Waals surface area contributed by atoms with E-state index in [1.165, 1.54) is 0 Å². The molecule has 5 nitrogen and oxygen atoms in total. The minimum Gasteiger partial charge on any atom is -0.487 e. The van der Waals surface area contributed by atoms with Crippen LogP contribution in [0.15, 0.2) is 63.4 Å². The molecule has 0 amide bonds. The van der Waals surface area contributed by atoms with Gasteiger partial charge < -0.3 is 9.15 Å². The van der Waals surface area contributed by atoms with Gasteiger partial charge in [-0.1, -0.05) is 18.2 Å². The second-order valence-electron chi connectivity index (χ2n) is 7.34. The van der Waals surface area contributed by atoms with Crippen LogP contribution in [0.2, 0.25) is 0 Å². The van der Waals surface area contributed by atoms with Crippen LogP contribution in [-0.4, -0.2) is 20.2 Å². The maximum absolute atomic E-state index is 12.0. The Balaban J connectivity index is 1.62. The highest BCUT2D eigenvalue weighted by molar-refractivity contribution is 7.85. The van der Waals surface area contributed by atoms with E-state index >= 15 is 0 Å². The zero-order valence-electron chi connectivity index (χ0n) is 16.5. The molecule has 2 aromatic carbocycles. The Morgan fingerprint density at radius 2 is 1.79 bits per heavy atom. The highest BCUT2D eigenvalue weighted by Crippen LogP contribution is 2.22. The normalized spacial score (nSPS) is 13.0. The third-order valence-corrected chi connectivity index (χ3v) is 5.34. The van der Waals surface area contributed by atoms with Gasteiger partial charge in [-0.3, -0.25) is 0 Å². The van der Waals surface area contributed by atoms with Crippen molar-refractivity contribution >= 4 is 17.2 Å². The molecule has 0 unspecified atom stereocenters. The standard InChI is InChI=1S/C22H24N2O3S/c1-16-20(24-21(27-16)18-8-6-5-7-9-18)15-26-19-12-10-17(11-13-19)14-23-28(25)22(2,3)4/h5-14H,15H2,1-4H3/t28-/m1/s1. The number of hydrogen-bond donors (Lipinski definition) is 0. The van der Waals surface area contributed by atoms with Crippen LogP contribution < -0.4 is 4.74 Å². The largest absolute Gasteiger partial charge is 0.487 e. The monoisotopic (exact) mass is 396 g/mol. The van der Waals surface area contributed by atoms with Gasteiger partial charge in [0.2, 0.25) is 5.89 Å². The summed E-state index contributed by atoms with van der Waals surface area (Å²) in [6, 6.07) is 17.3. The zero-order chi connectivity index (χ0) is 20.1. The SMILES string of the molecule is Cc1oc(-c2ccccc2)nc1COc1ccc(C=N[S@](=O)C(C)(C)C)cc1. The van der Waals surface area contributed by atoms with E-state index in [-0.39, 0.29) is 4.75 Å². The van der Waals surface area contributed by atoms with Gasteiger partial charge in [0.15, 0.2) is 0 Å². The van der Waals surface area contributed by atoms with Crippen molar-refractivity contribution in [3.05, 3.63) is 71.6 Å². The Morgan fingerprint density at radius 3 is 2.43 bits per heavy atom. The van der Waals surface area contributed by atoms with E-state index in [0.29, 0.717) is 12.5 Å². The minimum absolute atomic E-state index is 0.323. The van der Waals surface area contributed by atoms with Crippen LogP contribution in [0.25, 0.3) is 11.5 Å². The molecule has 1 aromatic heterocycles. The van der Waals surface area contributed by atoms with Crippen molar-refractivity contribution in [3.63, 3.8) is 0 Å². The van der Waals surface area contributed by atoms with Gasteiger partial charge in [0.1, 0.15) is 34.8 Å². The first kappa shape index (κ1) is 20.0. The molecular formula is C22H24N2O3S. The first-order valence-electron chi connectivity index (χ1n) is 9.03. The van der Waals surface area contributed by atoms with E-state index in [2.05, 4.69) is 9.38 Å². The molecule has 6 heteroatoms. The quantitative estimate of drug-likeness (QED) is 0.543. The molecule has 0 bridgehead atoms. The van der Waals surface area contributed by atoms with E-state index in [1.54, 1.807) is 6.21 Å². The van der Waals surface area contributed by atoms with Gasteiger partial charge in [-0.05, 0) is 69.7 Å². The molecule has 0 aliphatic heterocycles. The number of nitrogens with zero attached hydrogens (tertiary/aromatic N) is 2. The lowest BCUT2D eigenvalue weighted by atomic mass is 10.2. The van der Waals surface area contributed by atoms with Crippen LogP contribution in [0.5, 0.6) is 5.75 Å². The van der Waals surface area contributed by atoms with E-state index < -0.39 is 11.0 Å². The molecule has 3 aromatic rings. The van der Waals surface area contributed by atoms with E-state index in [0.717, 1.165) is 28.3 Å². The molecule has 146 valence electrons. The summed E-state index contributed by atoms with van der Waals surface area (Å²) in [5.41, 5.74) is 2.58. The van der Waals surface area contributed by atoms with Gasteiger partial charge in [-0.25, -0.2) is 9.19 Å². The molecule has 1 heterocycles. The van der Waals surface area contributed by atoms with E-state index in [9.17, 15) is 4.21 Å². The molecular weight excluding hydrogens is 372 g/mol. The minimum atomic E-state index is -1.27. The van der Waals surface area contributed by atoms with Gasteiger partial charge in [0.25, 0.3) is 0 Å². The Kier molecular flexibility index (Phi) is 6.09. The van der Waals surface area contributed by atoms with Crippen molar-refractivity contribution in [2.45, 2.75) is 39.0 Å². The Morgan fingerprint density at radius 1 is 1.11 bits per heavy atom. The number of benzene rings is 2. The molecule has 0 N–H and O–H groups in total. The fourth-order valence-corrected chi connectivity index (χ4v) is 2.87. The number of ether oxygens (including phenoxy) is 1. The number of rotatable bonds is 6. The number of oxazole rings is 1. The van der Waals surface area contributed by atoms with E-state index in [1.807, 2.05) is 82.3 Å². The van der Waals surface area contributed by atoms with Gasteiger partial charge in [0, 0.05) is 11.8 Å². The number of aryl methyl sites for hydroxylation is 1. The number of hydrogen-bond acceptors (Lipinski definition) is 4. The molecule has 0 aliphatic carbocycles. The van der Waals surface area contributed by atoms with Crippen LogP contribution in [0.3, 0.4) is 0 Å². The van der Waals surface area contributed by atoms with Gasteiger partial charge >= 0.3 is 0 Å². The molecule has 0 radical (unpaired) electrons. The number of aromatic nitrogens is 1. The summed E-state index contributed by atoms with van der Waals surface area (Å²) in [5, 5.41) is 0. The summed E-state index contributed by atoms with van der Waals surface area (Å²) in [6.45, 7) is 7.89. The first-order chi connectivity index (χ1) is 13.3. The highest BCUT2D eigenvalue weighted by atomic mass is 32.2. The van der Waals surface area contributed by atoms with Crippen LogP contribution in [-0.2, 0) is 17.6 Å². The molecule has 0 saturated heterocycles. The van der Waals surface area contributed by atoms with E-state index in [4.69, 9.17) is 9.15 Å². The molecule has 0 spiro atoms. The third kappa shape index (κ3) is 5.16. The average Bonchev–Trinajstić information content (AvgIpc) is 3.06. The topological polar surface area (TPSA) is 64.7 Å². The Bertz CT molecular complexity index is 971. The fourth-order valence-electron chi connectivity index (χ4n) is 2.33. The summed E-state index contributed by atoms with van der Waals surface area (Å²) >= 11 is 0. The van der Waals surface area contributed by atoms with Crippen LogP contribution in [0, 0.1) is 6.92 Å². The van der Waals surface area contributed by atoms with Gasteiger partial charge in [-0.2, -0.15) is 4.40 Å². The van der Waals surface area contributed by atoms with Crippen LogP contribution in [0.4, 0.5) is 0 Å². The maximum Gasteiger partial charge on any atom is 0.226 e. The summed E-state index contributed by atoms with van der Waals surface area (Å²) < 4.78 is 27.3. The molecule has 3 rings (SSSR count). The lowest BCUT2D eigenvalue weighted by molar-refractivity contribution is 0.299. The van der Waals surface area contributed by atoms with Crippen molar-refractivity contribution in [3.8, 4) is 17.2 Å². The molecule has 0 fully saturated rings. The fraction of sp³-hybridized carbons (Fsp3) is 0.273. The second kappa shape index (κ2) is 8.52. The Labute approximate surface area is 168 Å². The first-order valence-corrected chi connectivity index (χ1v) is 10.1. The third-order valence-electron chi connectivity index (χ3n) is 3.99. The molecule has 0 aliphatic rings. The summed E-state index contributed by atoms with van der Waals surface area (Å²) in [4.78, 5) is 4.54. The van der Waals surface area contributed by atoms with Crippen molar-refractivity contribution in [1.29, 1.82) is 0 Å². The van der Waals surface area contributed by atoms with Crippen LogP contribution >= 0.6 is 0 Å². The van der Waals surface area contributed by atoms with Gasteiger partial charge in [0.05, 0.1) is 4.75 Å². The molecule has 28 heavy (non-hydrogen) atoms. The molecule has 0 saturated carbocycles. The lowest BCUT2D eigenvalue weighted by Crippen LogP contribution is -2.19. The highest BCUT2D eigenvalue weighted by Gasteiger charge is 2.18. The summed E-state index contributed by atoms with van der Waals surface area (Å²) in [5.74, 6) is 2.06. The van der Waals surface area contributed by atoms with Gasteiger partial charge in [-0.15, -0.1) is 0 Å². The van der Waals surface area contributed by atoms with Crippen molar-refractivity contribution < 1.29 is 13.4 Å². The van der Waals surface area contributed by atoms with Crippen molar-refractivity contribution in [1.82, 2.24) is 4.98 Å². The van der Waals surface area contributed by atoms with Crippen LogP contribution in [0.1, 0.15) is 37.8 Å². The Hall–Kier alpha value is -2.73. The average molecular weight is 397 g/mol. The summed E-state index contributed by atoms with van der Waals surface area (Å²) in [6.07, 6.45) is 1.62. The smallest absolute Gasteiger partial charge is 0.226 e. The van der Waals surface area contributed by atoms with Crippen molar-refractivity contribution in [2.24, 2.45) is 4.40 Å². The lowest BCUT2D eigenvalue weighted by Gasteiger charge is -2.12. The maximum atomic E-state index is 12.0. The molecule has 1 atom stereocenters.